The number of alkyl halides is 6. The first-order valence-electron chi connectivity index (χ1n) is 4.85. The van der Waals surface area contributed by atoms with Gasteiger partial charge in [-0.15, -0.1) is 23.2 Å². The van der Waals surface area contributed by atoms with Gasteiger partial charge in [-0.05, 0) is 5.57 Å². The monoisotopic (exact) mass is 472 g/mol. The Labute approximate surface area is 165 Å². The van der Waals surface area contributed by atoms with Gasteiger partial charge in [0.2, 0.25) is 0 Å². The molecule has 0 nitrogen and oxygen atoms in total. The summed E-state index contributed by atoms with van der Waals surface area (Å²) < 4.78 is -3.39. The van der Waals surface area contributed by atoms with Gasteiger partial charge < -0.3 is 0 Å². The summed E-state index contributed by atoms with van der Waals surface area (Å²) in [6, 6.07) is 0. The van der Waals surface area contributed by atoms with Crippen molar-refractivity contribution < 1.29 is 0 Å². The zero-order valence-corrected chi connectivity index (χ0v) is 16.5. The second kappa shape index (κ2) is 5.88. The molecule has 0 spiro atoms. The molecule has 2 aliphatic rings. The fourth-order valence-corrected chi connectivity index (χ4v) is 5.55. The molecule has 0 aromatic heterocycles. The van der Waals surface area contributed by atoms with Gasteiger partial charge in [0.25, 0.3) is 0 Å². The van der Waals surface area contributed by atoms with Crippen LogP contribution in [0.15, 0.2) is 31.3 Å². The summed E-state index contributed by atoms with van der Waals surface area (Å²) in [4.78, 5) is 0. The van der Waals surface area contributed by atoms with Crippen molar-refractivity contribution in [3.63, 3.8) is 0 Å². The van der Waals surface area contributed by atoms with Crippen LogP contribution in [-0.4, -0.2) is 19.4 Å². The summed E-state index contributed by atoms with van der Waals surface area (Å²) >= 11 is 61.7. The standard InChI is InChI=1S/C10H2Cl10/c11-3-1-2(4(12)6(14)7(15)5(3)13)10(19,20)8(16)9(1,17)18/h3,8H. The second-order valence-electron chi connectivity index (χ2n) is 4.05. The summed E-state index contributed by atoms with van der Waals surface area (Å²) in [6.45, 7) is 0. The molecule has 0 amide bonds. The Balaban J connectivity index is 2.86. The van der Waals surface area contributed by atoms with E-state index in [2.05, 4.69) is 0 Å². The topological polar surface area (TPSA) is 0 Å². The lowest BCUT2D eigenvalue weighted by atomic mass is 10.1. The zero-order chi connectivity index (χ0) is 15.6. The van der Waals surface area contributed by atoms with Gasteiger partial charge in [0, 0.05) is 5.57 Å². The van der Waals surface area contributed by atoms with E-state index >= 15 is 0 Å². The highest BCUT2D eigenvalue weighted by atomic mass is 35.5. The van der Waals surface area contributed by atoms with Crippen LogP contribution in [0.5, 0.6) is 0 Å². The number of hydrogen-bond donors (Lipinski definition) is 0. The van der Waals surface area contributed by atoms with Crippen molar-refractivity contribution in [2.24, 2.45) is 0 Å². The highest BCUT2D eigenvalue weighted by Gasteiger charge is 2.62. The lowest BCUT2D eigenvalue weighted by Gasteiger charge is -2.27. The van der Waals surface area contributed by atoms with Crippen LogP contribution >= 0.6 is 116 Å². The molecule has 0 heterocycles. The van der Waals surface area contributed by atoms with Crippen LogP contribution in [0.1, 0.15) is 0 Å². The fourth-order valence-electron chi connectivity index (χ4n) is 1.95. The Kier molecular flexibility index (Phi) is 5.43. The van der Waals surface area contributed by atoms with Crippen molar-refractivity contribution in [3.05, 3.63) is 31.3 Å². The molecule has 2 rings (SSSR count). The van der Waals surface area contributed by atoms with E-state index in [1.165, 1.54) is 0 Å². The van der Waals surface area contributed by atoms with Crippen LogP contribution in [-0.2, 0) is 0 Å². The molecule has 20 heavy (non-hydrogen) atoms. The third-order valence-electron chi connectivity index (χ3n) is 2.89. The smallest absolute Gasteiger partial charge is 0.116 e. The Hall–Kier alpha value is 2.12. The summed E-state index contributed by atoms with van der Waals surface area (Å²) in [6.07, 6.45) is 0. The van der Waals surface area contributed by atoms with Crippen molar-refractivity contribution >= 4 is 116 Å². The molecule has 0 aromatic rings. The van der Waals surface area contributed by atoms with Crippen LogP contribution in [0, 0.1) is 0 Å². The molecule has 0 saturated carbocycles. The minimum Gasteiger partial charge on any atom is -0.116 e. The van der Waals surface area contributed by atoms with Gasteiger partial charge in [0.15, 0.2) is 8.67 Å². The highest BCUT2D eigenvalue weighted by molar-refractivity contribution is 6.65. The van der Waals surface area contributed by atoms with Gasteiger partial charge in [0.05, 0.1) is 25.5 Å². The Bertz CT molecular complexity index is 567. The van der Waals surface area contributed by atoms with Crippen molar-refractivity contribution in [3.8, 4) is 0 Å². The zero-order valence-electron chi connectivity index (χ0n) is 8.93. The van der Waals surface area contributed by atoms with Crippen molar-refractivity contribution in [2.75, 3.05) is 0 Å². The van der Waals surface area contributed by atoms with Crippen molar-refractivity contribution in [1.82, 2.24) is 0 Å². The van der Waals surface area contributed by atoms with E-state index in [9.17, 15) is 0 Å². The quantitative estimate of drug-likeness (QED) is 0.323. The second-order valence-corrected chi connectivity index (χ2v) is 9.24. The SMILES string of the molecule is ClC1=C(Cl)C2=C(C(Cl)C(Cl)=C1Cl)C(Cl)(Cl)C(Cl)C2(Cl)Cl. The molecular formula is C10H2Cl10. The Morgan fingerprint density at radius 3 is 1.70 bits per heavy atom. The van der Waals surface area contributed by atoms with Gasteiger partial charge in [-0.3, -0.25) is 0 Å². The van der Waals surface area contributed by atoms with E-state index in [0.29, 0.717) is 0 Å². The molecule has 112 valence electrons. The summed E-state index contributed by atoms with van der Waals surface area (Å²) in [5.74, 6) is 0. The molecule has 0 radical (unpaired) electrons. The third kappa shape index (κ3) is 2.51. The van der Waals surface area contributed by atoms with Gasteiger partial charge >= 0.3 is 0 Å². The van der Waals surface area contributed by atoms with Crippen LogP contribution < -0.4 is 0 Å². The number of hydrogen-bond acceptors (Lipinski definition) is 0. The number of allylic oxidation sites excluding steroid dienone is 6. The molecule has 0 saturated heterocycles. The van der Waals surface area contributed by atoms with E-state index < -0.39 is 19.4 Å². The molecule has 0 aromatic carbocycles. The fraction of sp³-hybridized carbons (Fsp3) is 0.400. The molecule has 0 aliphatic heterocycles. The maximum absolute atomic E-state index is 6.25. The van der Waals surface area contributed by atoms with Gasteiger partial charge in [-0.2, -0.15) is 0 Å². The van der Waals surface area contributed by atoms with Crippen LogP contribution in [0.3, 0.4) is 0 Å². The number of halogens is 10. The first-order chi connectivity index (χ1) is 8.95. The first kappa shape index (κ1) is 18.5. The molecule has 10 heteroatoms. The van der Waals surface area contributed by atoms with Crippen LogP contribution in [0.2, 0.25) is 0 Å². The van der Waals surface area contributed by atoms with Gasteiger partial charge in [-0.1, -0.05) is 92.8 Å². The van der Waals surface area contributed by atoms with E-state index in [1.807, 2.05) is 0 Å². The van der Waals surface area contributed by atoms with E-state index in [-0.39, 0.29) is 31.3 Å². The average Bonchev–Trinajstić information content (AvgIpc) is 2.47. The highest BCUT2D eigenvalue weighted by Crippen LogP contribution is 2.63. The molecular weight excluding hydrogens is 475 g/mol. The summed E-state index contributed by atoms with van der Waals surface area (Å²) in [7, 11) is 0. The van der Waals surface area contributed by atoms with Gasteiger partial charge in [0.1, 0.15) is 5.38 Å². The van der Waals surface area contributed by atoms with Crippen LogP contribution in [0.4, 0.5) is 0 Å². The van der Waals surface area contributed by atoms with E-state index in [1.54, 1.807) is 0 Å². The average molecular weight is 477 g/mol. The predicted molar refractivity (Wildman–Crippen MR) is 92.6 cm³/mol. The van der Waals surface area contributed by atoms with Crippen molar-refractivity contribution in [2.45, 2.75) is 19.4 Å². The van der Waals surface area contributed by atoms with Gasteiger partial charge in [-0.25, -0.2) is 0 Å². The lowest BCUT2D eigenvalue weighted by molar-refractivity contribution is 0.811. The minimum atomic E-state index is -1.70. The Morgan fingerprint density at radius 1 is 0.700 bits per heavy atom. The molecule has 0 bridgehead atoms. The lowest BCUT2D eigenvalue weighted by Crippen LogP contribution is -2.36. The maximum Gasteiger partial charge on any atom is 0.164 e. The maximum atomic E-state index is 6.25. The molecule has 2 atom stereocenters. The van der Waals surface area contributed by atoms with Crippen molar-refractivity contribution in [1.29, 1.82) is 0 Å². The number of rotatable bonds is 0. The Morgan fingerprint density at radius 2 is 1.20 bits per heavy atom. The molecule has 0 fully saturated rings. The summed E-state index contributed by atoms with van der Waals surface area (Å²) in [5, 5.41) is -2.28. The first-order valence-corrected chi connectivity index (χ1v) is 8.75. The van der Waals surface area contributed by atoms with E-state index in [4.69, 9.17) is 116 Å². The molecule has 2 aliphatic carbocycles. The molecule has 0 N–H and O–H groups in total. The summed E-state index contributed by atoms with van der Waals surface area (Å²) in [5.41, 5.74) is 0.280. The third-order valence-corrected chi connectivity index (χ3v) is 8.04. The molecule has 2 unspecified atom stereocenters. The van der Waals surface area contributed by atoms with E-state index in [0.717, 1.165) is 0 Å². The minimum absolute atomic E-state index is 0.00191. The normalized spacial score (nSPS) is 32.7. The van der Waals surface area contributed by atoms with Crippen LogP contribution in [0.25, 0.3) is 0 Å². The largest absolute Gasteiger partial charge is 0.164 e. The predicted octanol–water partition coefficient (Wildman–Crippen LogP) is 7.25.